The van der Waals surface area contributed by atoms with Crippen LogP contribution >= 0.6 is 0 Å². The first kappa shape index (κ1) is 17.0. The zero-order valence-corrected chi connectivity index (χ0v) is 13.6. The lowest BCUT2D eigenvalue weighted by molar-refractivity contribution is 0.203. The monoisotopic (exact) mass is 323 g/mol. The van der Waals surface area contributed by atoms with Crippen molar-refractivity contribution in [1.29, 1.82) is 5.26 Å². The summed E-state index contributed by atoms with van der Waals surface area (Å²) in [5, 5.41) is 21.2. The number of hydrogen-bond donors (Lipinski definition) is 2. The van der Waals surface area contributed by atoms with Gasteiger partial charge in [0.05, 0.1) is 17.3 Å². The van der Waals surface area contributed by atoms with Crippen LogP contribution in [0.1, 0.15) is 22.3 Å². The Morgan fingerprint density at radius 1 is 1.29 bits per heavy atom. The number of phenolic OH excluding ortho intramolecular Hbond substituents is 1. The van der Waals surface area contributed by atoms with E-state index in [1.807, 2.05) is 19.9 Å². The van der Waals surface area contributed by atoms with Crippen LogP contribution in [-0.2, 0) is 0 Å². The maximum Gasteiger partial charge on any atom is 0.412 e. The van der Waals surface area contributed by atoms with Crippen molar-refractivity contribution in [3.05, 3.63) is 52.6 Å². The van der Waals surface area contributed by atoms with Crippen molar-refractivity contribution in [2.24, 2.45) is 4.99 Å². The van der Waals surface area contributed by atoms with Gasteiger partial charge in [-0.3, -0.25) is 4.99 Å². The van der Waals surface area contributed by atoms with E-state index in [4.69, 9.17) is 10.00 Å². The number of rotatable bonds is 3. The molecular formula is C18H17N3O3. The number of carbonyl (C=O) groups is 1. The Kier molecular flexibility index (Phi) is 5.17. The minimum atomic E-state index is -0.539. The van der Waals surface area contributed by atoms with Gasteiger partial charge in [0.15, 0.2) is 0 Å². The highest BCUT2D eigenvalue weighted by Gasteiger charge is 2.08. The van der Waals surface area contributed by atoms with E-state index in [2.05, 4.69) is 10.3 Å². The highest BCUT2D eigenvalue weighted by atomic mass is 16.5. The van der Waals surface area contributed by atoms with E-state index in [1.165, 1.54) is 25.4 Å². The molecule has 0 fully saturated rings. The van der Waals surface area contributed by atoms with Crippen LogP contribution in [0.2, 0.25) is 0 Å². The van der Waals surface area contributed by atoms with Crippen LogP contribution in [-0.4, -0.2) is 24.5 Å². The lowest BCUT2D eigenvalue weighted by Crippen LogP contribution is -2.22. The zero-order chi connectivity index (χ0) is 17.7. The molecule has 0 aliphatic carbocycles. The molecule has 2 aromatic carbocycles. The molecule has 2 rings (SSSR count). The molecule has 0 aliphatic rings. The Morgan fingerprint density at radius 3 is 2.54 bits per heavy atom. The molecule has 2 N–H and O–H groups in total. The molecule has 0 aliphatic heterocycles. The summed E-state index contributed by atoms with van der Waals surface area (Å²) in [4.78, 5) is 15.7. The van der Waals surface area contributed by atoms with E-state index in [-0.39, 0.29) is 5.75 Å². The third kappa shape index (κ3) is 3.90. The smallest absolute Gasteiger partial charge is 0.412 e. The maximum atomic E-state index is 11.3. The average Bonchev–Trinajstić information content (AvgIpc) is 2.55. The fraction of sp³-hybridized carbons (Fsp3) is 0.167. The van der Waals surface area contributed by atoms with Crippen molar-refractivity contribution in [3.63, 3.8) is 0 Å². The summed E-state index contributed by atoms with van der Waals surface area (Å²) in [6.07, 6.45) is 0.966. The molecule has 0 unspecified atom stereocenters. The van der Waals surface area contributed by atoms with E-state index in [9.17, 15) is 9.90 Å². The van der Waals surface area contributed by atoms with Crippen molar-refractivity contribution in [1.82, 2.24) is 5.32 Å². The first-order valence-electron chi connectivity index (χ1n) is 7.22. The SMILES string of the molecule is CNC(=O)Oc1cc(C)c(/N=C/c2cc(C#N)ccc2O)c(C)c1. The van der Waals surface area contributed by atoms with Crippen LogP contribution in [0.15, 0.2) is 35.3 Å². The molecule has 0 atom stereocenters. The Labute approximate surface area is 140 Å². The summed E-state index contributed by atoms with van der Waals surface area (Å²) >= 11 is 0. The summed E-state index contributed by atoms with van der Waals surface area (Å²) in [5.74, 6) is 0.477. The Balaban J connectivity index is 2.33. The van der Waals surface area contributed by atoms with E-state index < -0.39 is 6.09 Å². The number of nitriles is 1. The van der Waals surface area contributed by atoms with Gasteiger partial charge in [-0.05, 0) is 55.3 Å². The summed E-state index contributed by atoms with van der Waals surface area (Å²) in [6, 6.07) is 9.99. The van der Waals surface area contributed by atoms with Crippen molar-refractivity contribution in [2.75, 3.05) is 7.05 Å². The number of amides is 1. The van der Waals surface area contributed by atoms with Gasteiger partial charge in [-0.15, -0.1) is 0 Å². The van der Waals surface area contributed by atoms with Gasteiger partial charge in [-0.25, -0.2) is 4.79 Å². The predicted molar refractivity (Wildman–Crippen MR) is 91.1 cm³/mol. The van der Waals surface area contributed by atoms with E-state index in [1.54, 1.807) is 18.2 Å². The number of hydrogen-bond acceptors (Lipinski definition) is 5. The summed E-state index contributed by atoms with van der Waals surface area (Å²) in [7, 11) is 1.49. The Bertz CT molecular complexity index is 828. The number of nitrogens with zero attached hydrogens (tertiary/aromatic N) is 2. The molecule has 0 aromatic heterocycles. The van der Waals surface area contributed by atoms with Gasteiger partial charge in [0.25, 0.3) is 0 Å². The van der Waals surface area contributed by atoms with Gasteiger partial charge in [0.1, 0.15) is 11.5 Å². The number of nitrogens with one attached hydrogen (secondary N) is 1. The van der Waals surface area contributed by atoms with E-state index >= 15 is 0 Å². The molecule has 6 heteroatoms. The van der Waals surface area contributed by atoms with E-state index in [0.29, 0.717) is 22.6 Å². The average molecular weight is 323 g/mol. The van der Waals surface area contributed by atoms with Gasteiger partial charge in [0, 0.05) is 18.8 Å². The standard InChI is InChI=1S/C18H17N3O3/c1-11-6-15(24-18(23)20-3)7-12(2)17(11)21-10-14-8-13(9-19)4-5-16(14)22/h4-8,10,22H,1-3H3,(H,20,23)/b21-10+. The van der Waals surface area contributed by atoms with Gasteiger partial charge < -0.3 is 15.2 Å². The quantitative estimate of drug-likeness (QED) is 0.847. The number of aliphatic imine (C=N–C) groups is 1. The van der Waals surface area contributed by atoms with Crippen molar-refractivity contribution in [2.45, 2.75) is 13.8 Å². The topological polar surface area (TPSA) is 94.7 Å². The number of ether oxygens (including phenoxy) is 1. The molecule has 0 radical (unpaired) electrons. The molecular weight excluding hydrogens is 306 g/mol. The summed E-state index contributed by atoms with van der Waals surface area (Å²) in [6.45, 7) is 3.70. The molecule has 0 bridgehead atoms. The third-order valence-electron chi connectivity index (χ3n) is 3.37. The second-order valence-electron chi connectivity index (χ2n) is 5.19. The van der Waals surface area contributed by atoms with Crippen molar-refractivity contribution >= 4 is 18.0 Å². The summed E-state index contributed by atoms with van der Waals surface area (Å²) in [5.41, 5.74) is 3.25. The molecule has 0 saturated carbocycles. The molecule has 2 aromatic rings. The normalized spacial score (nSPS) is 10.4. The van der Waals surface area contributed by atoms with Crippen LogP contribution in [0.3, 0.4) is 0 Å². The van der Waals surface area contributed by atoms with Gasteiger partial charge in [0.2, 0.25) is 0 Å². The largest absolute Gasteiger partial charge is 0.507 e. The molecule has 0 spiro atoms. The molecule has 122 valence electrons. The van der Waals surface area contributed by atoms with Crippen LogP contribution in [0.5, 0.6) is 11.5 Å². The van der Waals surface area contributed by atoms with Crippen LogP contribution in [0.4, 0.5) is 10.5 Å². The highest BCUT2D eigenvalue weighted by molar-refractivity contribution is 5.86. The molecule has 1 amide bonds. The highest BCUT2D eigenvalue weighted by Crippen LogP contribution is 2.29. The Morgan fingerprint density at radius 2 is 1.96 bits per heavy atom. The number of carbonyl (C=O) groups excluding carboxylic acids is 1. The summed E-state index contributed by atoms with van der Waals surface area (Å²) < 4.78 is 5.11. The lowest BCUT2D eigenvalue weighted by atomic mass is 10.1. The minimum absolute atomic E-state index is 0.0487. The predicted octanol–water partition coefficient (Wildman–Crippen LogP) is 3.35. The van der Waals surface area contributed by atoms with Gasteiger partial charge in [-0.2, -0.15) is 5.26 Å². The number of phenols is 1. The number of aryl methyl sites for hydroxylation is 2. The fourth-order valence-corrected chi connectivity index (χ4v) is 2.20. The van der Waals surface area contributed by atoms with Crippen molar-refractivity contribution < 1.29 is 14.6 Å². The molecule has 0 saturated heterocycles. The van der Waals surface area contributed by atoms with Crippen molar-refractivity contribution in [3.8, 4) is 17.6 Å². The van der Waals surface area contributed by atoms with Gasteiger partial charge >= 0.3 is 6.09 Å². The van der Waals surface area contributed by atoms with Crippen LogP contribution < -0.4 is 10.1 Å². The van der Waals surface area contributed by atoms with Gasteiger partial charge in [-0.1, -0.05) is 0 Å². The first-order chi connectivity index (χ1) is 11.4. The van der Waals surface area contributed by atoms with Crippen LogP contribution in [0, 0.1) is 25.2 Å². The molecule has 0 heterocycles. The lowest BCUT2D eigenvalue weighted by Gasteiger charge is -2.09. The molecule has 6 nitrogen and oxygen atoms in total. The third-order valence-corrected chi connectivity index (χ3v) is 3.37. The Hall–Kier alpha value is -3.33. The second kappa shape index (κ2) is 7.29. The number of benzene rings is 2. The van der Waals surface area contributed by atoms with E-state index in [0.717, 1.165) is 11.1 Å². The fourth-order valence-electron chi connectivity index (χ4n) is 2.20. The van der Waals surface area contributed by atoms with Crippen LogP contribution in [0.25, 0.3) is 0 Å². The maximum absolute atomic E-state index is 11.3. The second-order valence-corrected chi connectivity index (χ2v) is 5.19. The zero-order valence-electron chi connectivity index (χ0n) is 13.6. The number of aromatic hydroxyl groups is 1. The first-order valence-corrected chi connectivity index (χ1v) is 7.22. The minimum Gasteiger partial charge on any atom is -0.507 e. The molecule has 24 heavy (non-hydrogen) atoms.